The number of nitrogens with zero attached hydrogens (tertiary/aromatic N) is 6. The first-order valence-corrected chi connectivity index (χ1v) is 16.4. The first-order chi connectivity index (χ1) is 23.6. The quantitative estimate of drug-likeness (QED) is 0.124. The Morgan fingerprint density at radius 3 is 2.59 bits per heavy atom. The smallest absolute Gasteiger partial charge is 0.451 e. The first kappa shape index (κ1) is 31.8. The molecule has 0 radical (unpaired) electrons. The minimum absolute atomic E-state index is 0.0258. The van der Waals surface area contributed by atoms with Crippen molar-refractivity contribution in [2.24, 2.45) is 5.92 Å². The highest BCUT2D eigenvalue weighted by atomic mass is 35.5. The van der Waals surface area contributed by atoms with E-state index in [0.717, 1.165) is 43.5 Å². The summed E-state index contributed by atoms with van der Waals surface area (Å²) < 4.78 is 81.5. The van der Waals surface area contributed by atoms with E-state index in [-0.39, 0.29) is 40.9 Å². The van der Waals surface area contributed by atoms with Crippen molar-refractivity contribution in [2.45, 2.75) is 69.9 Å². The van der Waals surface area contributed by atoms with Crippen LogP contribution in [0, 0.1) is 17.6 Å². The highest BCUT2D eigenvalue weighted by Gasteiger charge is 2.40. The molecule has 3 unspecified atom stereocenters. The van der Waals surface area contributed by atoms with Gasteiger partial charge in [-0.3, -0.25) is 5.10 Å². The fraction of sp³-hybridized carbons (Fsp3) is 0.382. The van der Waals surface area contributed by atoms with Gasteiger partial charge in [-0.25, -0.2) is 18.7 Å². The largest absolute Gasteiger partial charge is 0.486 e. The van der Waals surface area contributed by atoms with Crippen molar-refractivity contribution in [1.29, 1.82) is 0 Å². The van der Waals surface area contributed by atoms with Crippen LogP contribution in [0.25, 0.3) is 22.7 Å². The molecule has 0 amide bonds. The molecule has 9 nitrogen and oxygen atoms in total. The molecular formula is C34H29ClF5N7O2. The minimum atomic E-state index is -4.66. The topological polar surface area (TPSA) is 104 Å². The Morgan fingerprint density at radius 2 is 1.84 bits per heavy atom. The van der Waals surface area contributed by atoms with Gasteiger partial charge in [0.2, 0.25) is 11.6 Å². The summed E-state index contributed by atoms with van der Waals surface area (Å²) in [5.74, 6) is -0.956. The van der Waals surface area contributed by atoms with Gasteiger partial charge in [0.15, 0.2) is 17.2 Å². The lowest BCUT2D eigenvalue weighted by Crippen LogP contribution is -2.31. The Labute approximate surface area is 281 Å². The molecule has 3 aliphatic rings. The van der Waals surface area contributed by atoms with E-state index >= 15 is 0 Å². The molecule has 1 N–H and O–H groups in total. The van der Waals surface area contributed by atoms with Gasteiger partial charge in [0.05, 0.1) is 12.6 Å². The summed E-state index contributed by atoms with van der Waals surface area (Å²) >= 11 is 5.84. The van der Waals surface area contributed by atoms with E-state index in [2.05, 4.69) is 20.3 Å². The molecule has 2 fully saturated rings. The van der Waals surface area contributed by atoms with Crippen molar-refractivity contribution in [3.63, 3.8) is 0 Å². The van der Waals surface area contributed by atoms with E-state index in [4.69, 9.17) is 26.1 Å². The lowest BCUT2D eigenvalue weighted by atomic mass is 9.90. The molecule has 2 aromatic carbocycles. The molecule has 1 aliphatic heterocycles. The molecule has 0 spiro atoms. The van der Waals surface area contributed by atoms with Crippen molar-refractivity contribution in [2.75, 3.05) is 6.61 Å². The third-order valence-electron chi connectivity index (χ3n) is 9.64. The van der Waals surface area contributed by atoms with E-state index in [1.165, 1.54) is 29.3 Å². The predicted octanol–water partition coefficient (Wildman–Crippen LogP) is 7.76. The number of ether oxygens (including phenoxy) is 2. The van der Waals surface area contributed by atoms with Crippen LogP contribution in [0.5, 0.6) is 5.75 Å². The molecule has 2 aliphatic carbocycles. The highest BCUT2D eigenvalue weighted by Crippen LogP contribution is 2.52. The van der Waals surface area contributed by atoms with Crippen LogP contribution in [0.4, 0.5) is 22.0 Å². The monoisotopic (exact) mass is 697 g/mol. The van der Waals surface area contributed by atoms with E-state index in [1.807, 2.05) is 9.67 Å². The third kappa shape index (κ3) is 6.39. The summed E-state index contributed by atoms with van der Waals surface area (Å²) in [5, 5.41) is 14.3. The molecular weight excluding hydrogens is 669 g/mol. The molecule has 49 heavy (non-hydrogen) atoms. The average molecular weight is 698 g/mol. The van der Waals surface area contributed by atoms with Crippen LogP contribution in [0.15, 0.2) is 53.6 Å². The van der Waals surface area contributed by atoms with Crippen LogP contribution in [-0.2, 0) is 30.5 Å². The van der Waals surface area contributed by atoms with Crippen molar-refractivity contribution >= 4 is 22.8 Å². The van der Waals surface area contributed by atoms with Gasteiger partial charge >= 0.3 is 6.18 Å². The molecule has 3 atom stereocenters. The second kappa shape index (κ2) is 12.5. The van der Waals surface area contributed by atoms with Gasteiger partial charge in [0, 0.05) is 29.5 Å². The summed E-state index contributed by atoms with van der Waals surface area (Å²) in [4.78, 5) is 8.40. The maximum Gasteiger partial charge on any atom is 0.451 e. The Kier molecular flexibility index (Phi) is 8.10. The van der Waals surface area contributed by atoms with E-state index in [1.54, 1.807) is 24.3 Å². The number of benzene rings is 2. The molecule has 1 saturated carbocycles. The number of H-pyrrole nitrogens is 1. The Bertz CT molecular complexity index is 2090. The van der Waals surface area contributed by atoms with Gasteiger partial charge in [0.25, 0.3) is 0 Å². The van der Waals surface area contributed by atoms with Crippen LogP contribution in [-0.4, -0.2) is 47.6 Å². The molecule has 15 heteroatoms. The maximum absolute atomic E-state index is 14.7. The zero-order valence-electron chi connectivity index (χ0n) is 25.9. The molecule has 4 heterocycles. The van der Waals surface area contributed by atoms with Gasteiger partial charge in [-0.05, 0) is 73.9 Å². The van der Waals surface area contributed by atoms with Gasteiger partial charge in [0.1, 0.15) is 29.5 Å². The number of hydrogen-bond donors (Lipinski definition) is 1. The van der Waals surface area contributed by atoms with E-state index in [9.17, 15) is 22.0 Å². The summed E-state index contributed by atoms with van der Waals surface area (Å²) in [6, 6.07) is 10.8. The Hall–Kier alpha value is -4.43. The summed E-state index contributed by atoms with van der Waals surface area (Å²) in [5.41, 5.74) is 5.14. The minimum Gasteiger partial charge on any atom is -0.486 e. The van der Waals surface area contributed by atoms with E-state index < -0.39 is 23.6 Å². The van der Waals surface area contributed by atoms with Gasteiger partial charge in [-0.2, -0.15) is 18.3 Å². The Morgan fingerprint density at radius 1 is 0.980 bits per heavy atom. The molecule has 5 aromatic rings. The van der Waals surface area contributed by atoms with E-state index in [0.29, 0.717) is 42.2 Å². The molecule has 1 saturated heterocycles. The van der Waals surface area contributed by atoms with Crippen LogP contribution in [0.1, 0.15) is 60.8 Å². The van der Waals surface area contributed by atoms with Crippen LogP contribution in [0.2, 0.25) is 5.02 Å². The number of hydrogen-bond acceptors (Lipinski definition) is 7. The summed E-state index contributed by atoms with van der Waals surface area (Å²) in [7, 11) is 0. The van der Waals surface area contributed by atoms with Crippen molar-refractivity contribution < 1.29 is 31.4 Å². The predicted molar refractivity (Wildman–Crippen MR) is 168 cm³/mol. The number of allylic oxidation sites excluding steroid dienone is 2. The number of rotatable bonds is 9. The Balaban J connectivity index is 0.981. The summed E-state index contributed by atoms with van der Waals surface area (Å²) in [6.45, 7) is 1.12. The van der Waals surface area contributed by atoms with Crippen LogP contribution >= 0.6 is 11.6 Å². The maximum atomic E-state index is 14.7. The number of fused-ring (bicyclic) bond motifs is 2. The molecule has 3 aromatic heterocycles. The molecule has 254 valence electrons. The van der Waals surface area contributed by atoms with Gasteiger partial charge in [-0.15, -0.1) is 10.2 Å². The fourth-order valence-electron chi connectivity index (χ4n) is 6.86. The fourth-order valence-corrected chi connectivity index (χ4v) is 7.02. The third-order valence-corrected chi connectivity index (χ3v) is 9.88. The average Bonchev–Trinajstić information content (AvgIpc) is 3.32. The molecule has 0 bridgehead atoms. The molecule has 8 rings (SSSR count). The number of nitrogens with one attached hydrogen (secondary N) is 1. The SMILES string of the molecule is Fc1cc(Cl)ccc1COc1cc(C2CCC3=C(Cc4nc5cc(-c6n[nH]c(C(F)(F)F)n6)nnc5n4CC4CCO4)C3CC2)ccc1F. The van der Waals surface area contributed by atoms with Gasteiger partial charge in [-0.1, -0.05) is 34.9 Å². The summed E-state index contributed by atoms with van der Waals surface area (Å²) in [6.07, 6.45) is 0.545. The lowest BCUT2D eigenvalue weighted by Gasteiger charge is -2.27. The van der Waals surface area contributed by atoms with Crippen molar-refractivity contribution in [3.8, 4) is 17.3 Å². The highest BCUT2D eigenvalue weighted by molar-refractivity contribution is 6.30. The zero-order chi connectivity index (χ0) is 33.9. The van der Waals surface area contributed by atoms with Gasteiger partial charge < -0.3 is 14.0 Å². The van der Waals surface area contributed by atoms with Crippen molar-refractivity contribution in [1.82, 2.24) is 34.9 Å². The van der Waals surface area contributed by atoms with Crippen LogP contribution in [0.3, 0.4) is 0 Å². The first-order valence-electron chi connectivity index (χ1n) is 16.0. The number of imidazole rings is 1. The normalized spacial score (nSPS) is 20.7. The standard InChI is InChI=1S/C34H29ClF5N7O2/c35-20-5-1-19(26(37)12-20)16-49-29-11-18(4-8-25(29)36)17-2-6-22-23(7-3-17)24(22)13-30-41-28-14-27(31-42-33(46-44-31)34(38,39)40)43-45-32(28)47(30)15-21-9-10-48-21/h1,4-5,8,11-12,14,17,21-22H,2-3,6-7,9-10,13,15-16H2,(H,42,44,46). The number of aromatic nitrogens is 7. The number of alkyl halides is 3. The number of halogens is 6. The van der Waals surface area contributed by atoms with Crippen LogP contribution < -0.4 is 4.74 Å². The second-order valence-corrected chi connectivity index (χ2v) is 13.1. The number of aromatic amines is 1. The van der Waals surface area contributed by atoms with Crippen molar-refractivity contribution in [3.05, 3.63) is 93.0 Å². The zero-order valence-corrected chi connectivity index (χ0v) is 26.7. The second-order valence-electron chi connectivity index (χ2n) is 12.7. The lowest BCUT2D eigenvalue weighted by molar-refractivity contribution is -0.144.